The maximum atomic E-state index is 4.61. The second-order valence-corrected chi connectivity index (χ2v) is 5.21. The minimum atomic E-state index is 0.683. The summed E-state index contributed by atoms with van der Waals surface area (Å²) in [5.74, 6) is 1.49. The molecule has 112 valence electrons. The third-order valence-corrected chi connectivity index (χ3v) is 3.66. The van der Waals surface area contributed by atoms with E-state index in [-0.39, 0.29) is 0 Å². The Hall–Kier alpha value is -3.21. The molecule has 1 aromatic carbocycles. The van der Waals surface area contributed by atoms with Crippen LogP contribution in [0.1, 0.15) is 5.56 Å². The Balaban J connectivity index is 1.61. The van der Waals surface area contributed by atoms with Gasteiger partial charge >= 0.3 is 0 Å². The maximum Gasteiger partial charge on any atom is 0.163 e. The molecule has 4 aromatic rings. The van der Waals surface area contributed by atoms with Crippen molar-refractivity contribution in [2.24, 2.45) is 0 Å². The van der Waals surface area contributed by atoms with Crippen molar-refractivity contribution in [3.63, 3.8) is 0 Å². The zero-order chi connectivity index (χ0) is 15.5. The number of aromatic nitrogens is 4. The second-order valence-electron chi connectivity index (χ2n) is 5.21. The molecule has 0 bridgehead atoms. The predicted octanol–water partition coefficient (Wildman–Crippen LogP) is 3.63. The number of fused-ring (bicyclic) bond motifs is 1. The van der Waals surface area contributed by atoms with E-state index >= 15 is 0 Å². The number of rotatable bonds is 4. The van der Waals surface area contributed by atoms with Crippen molar-refractivity contribution in [2.75, 3.05) is 5.32 Å². The fourth-order valence-corrected chi connectivity index (χ4v) is 2.52. The predicted molar refractivity (Wildman–Crippen MR) is 90.9 cm³/mol. The summed E-state index contributed by atoms with van der Waals surface area (Å²) < 4.78 is 0. The van der Waals surface area contributed by atoms with Crippen LogP contribution in [0.5, 0.6) is 0 Å². The Kier molecular flexibility index (Phi) is 3.44. The van der Waals surface area contributed by atoms with Crippen molar-refractivity contribution < 1.29 is 0 Å². The van der Waals surface area contributed by atoms with Gasteiger partial charge in [0, 0.05) is 36.1 Å². The van der Waals surface area contributed by atoms with Crippen molar-refractivity contribution in [2.45, 2.75) is 6.54 Å². The molecule has 0 radical (unpaired) electrons. The number of nitrogens with one attached hydrogen (secondary N) is 2. The highest BCUT2D eigenvalue weighted by Crippen LogP contribution is 2.25. The van der Waals surface area contributed by atoms with E-state index in [1.54, 1.807) is 12.4 Å². The number of aromatic amines is 1. The molecule has 5 nitrogen and oxygen atoms in total. The Morgan fingerprint density at radius 1 is 0.913 bits per heavy atom. The van der Waals surface area contributed by atoms with Crippen LogP contribution in [0, 0.1) is 0 Å². The Morgan fingerprint density at radius 2 is 1.83 bits per heavy atom. The standard InChI is InChI=1S/C18H15N5/c1-2-5-13(6-3-1)11-21-16-8-10-20-18(23-16)15-12-22-17-14(15)7-4-9-19-17/h1-10,12H,11H2,(H,19,22)(H,20,21,23). The van der Waals surface area contributed by atoms with Crippen LogP contribution < -0.4 is 5.32 Å². The highest BCUT2D eigenvalue weighted by atomic mass is 15.0. The summed E-state index contributed by atoms with van der Waals surface area (Å²) in [6.45, 7) is 0.729. The van der Waals surface area contributed by atoms with Gasteiger partial charge in [-0.1, -0.05) is 30.3 Å². The number of hydrogen-bond acceptors (Lipinski definition) is 4. The molecular formula is C18H15N5. The van der Waals surface area contributed by atoms with Gasteiger partial charge in [-0.2, -0.15) is 0 Å². The molecule has 0 spiro atoms. The first kappa shape index (κ1) is 13.5. The molecule has 0 atom stereocenters. The lowest BCUT2D eigenvalue weighted by Gasteiger charge is -2.06. The molecule has 3 heterocycles. The van der Waals surface area contributed by atoms with E-state index in [1.165, 1.54) is 5.56 Å². The van der Waals surface area contributed by atoms with E-state index in [0.29, 0.717) is 5.82 Å². The molecule has 0 fully saturated rings. The molecule has 2 N–H and O–H groups in total. The third-order valence-electron chi connectivity index (χ3n) is 3.66. The minimum absolute atomic E-state index is 0.683. The number of anilines is 1. The quantitative estimate of drug-likeness (QED) is 0.604. The van der Waals surface area contributed by atoms with Crippen molar-refractivity contribution in [1.29, 1.82) is 0 Å². The van der Waals surface area contributed by atoms with Gasteiger partial charge < -0.3 is 10.3 Å². The van der Waals surface area contributed by atoms with Crippen LogP contribution in [0.4, 0.5) is 5.82 Å². The van der Waals surface area contributed by atoms with Crippen LogP contribution in [0.15, 0.2) is 67.1 Å². The maximum absolute atomic E-state index is 4.61. The lowest BCUT2D eigenvalue weighted by atomic mass is 10.2. The molecule has 5 heteroatoms. The van der Waals surface area contributed by atoms with E-state index in [2.05, 4.69) is 37.4 Å². The van der Waals surface area contributed by atoms with Crippen LogP contribution in [-0.4, -0.2) is 19.9 Å². The van der Waals surface area contributed by atoms with Gasteiger partial charge in [0.2, 0.25) is 0 Å². The molecule has 0 aliphatic rings. The Bertz CT molecular complexity index is 930. The largest absolute Gasteiger partial charge is 0.366 e. The first-order valence-corrected chi connectivity index (χ1v) is 7.43. The topological polar surface area (TPSA) is 66.5 Å². The molecule has 0 saturated heterocycles. The molecule has 0 aliphatic carbocycles. The molecule has 0 aliphatic heterocycles. The second kappa shape index (κ2) is 5.88. The summed E-state index contributed by atoms with van der Waals surface area (Å²) in [5.41, 5.74) is 3.01. The van der Waals surface area contributed by atoms with Crippen molar-refractivity contribution >= 4 is 16.9 Å². The van der Waals surface area contributed by atoms with E-state index in [9.17, 15) is 0 Å². The van der Waals surface area contributed by atoms with E-state index in [1.807, 2.05) is 42.6 Å². The van der Waals surface area contributed by atoms with Crippen LogP contribution in [0.2, 0.25) is 0 Å². The summed E-state index contributed by atoms with van der Waals surface area (Å²) in [5, 5.41) is 4.36. The Labute approximate surface area is 133 Å². The van der Waals surface area contributed by atoms with E-state index in [0.717, 1.165) is 29.0 Å². The Morgan fingerprint density at radius 3 is 2.74 bits per heavy atom. The number of nitrogens with zero attached hydrogens (tertiary/aromatic N) is 3. The van der Waals surface area contributed by atoms with E-state index < -0.39 is 0 Å². The first-order chi connectivity index (χ1) is 11.4. The number of benzene rings is 1. The molecular weight excluding hydrogens is 286 g/mol. The van der Waals surface area contributed by atoms with Crippen molar-refractivity contribution in [3.05, 3.63) is 72.7 Å². The lowest BCUT2D eigenvalue weighted by Crippen LogP contribution is -2.02. The monoisotopic (exact) mass is 301 g/mol. The van der Waals surface area contributed by atoms with Gasteiger partial charge in [-0.05, 0) is 23.8 Å². The number of H-pyrrole nitrogens is 1. The summed E-state index contributed by atoms with van der Waals surface area (Å²) in [6.07, 6.45) is 5.43. The van der Waals surface area contributed by atoms with Gasteiger partial charge in [-0.3, -0.25) is 0 Å². The molecule has 23 heavy (non-hydrogen) atoms. The smallest absolute Gasteiger partial charge is 0.163 e. The van der Waals surface area contributed by atoms with Crippen LogP contribution in [0.25, 0.3) is 22.4 Å². The van der Waals surface area contributed by atoms with E-state index in [4.69, 9.17) is 0 Å². The van der Waals surface area contributed by atoms with Gasteiger partial charge in [0.1, 0.15) is 11.5 Å². The number of pyridine rings is 1. The van der Waals surface area contributed by atoms with Crippen LogP contribution in [0.3, 0.4) is 0 Å². The van der Waals surface area contributed by atoms with Gasteiger partial charge in [0.25, 0.3) is 0 Å². The van der Waals surface area contributed by atoms with Gasteiger partial charge in [0.05, 0.1) is 0 Å². The summed E-state index contributed by atoms with van der Waals surface area (Å²) >= 11 is 0. The third kappa shape index (κ3) is 2.76. The normalized spacial score (nSPS) is 10.8. The molecule has 4 rings (SSSR count). The summed E-state index contributed by atoms with van der Waals surface area (Å²) in [4.78, 5) is 16.5. The van der Waals surface area contributed by atoms with Crippen LogP contribution in [-0.2, 0) is 6.54 Å². The van der Waals surface area contributed by atoms with Crippen molar-refractivity contribution in [3.8, 4) is 11.4 Å². The first-order valence-electron chi connectivity index (χ1n) is 7.43. The van der Waals surface area contributed by atoms with Crippen LogP contribution >= 0.6 is 0 Å². The van der Waals surface area contributed by atoms with Crippen molar-refractivity contribution in [1.82, 2.24) is 19.9 Å². The van der Waals surface area contributed by atoms with Gasteiger partial charge in [0.15, 0.2) is 5.82 Å². The van der Waals surface area contributed by atoms with Gasteiger partial charge in [-0.15, -0.1) is 0 Å². The fourth-order valence-electron chi connectivity index (χ4n) is 2.52. The summed E-state index contributed by atoms with van der Waals surface area (Å²) in [6, 6.07) is 16.0. The SMILES string of the molecule is c1ccc(CNc2ccnc(-c3c[nH]c4ncccc34)n2)cc1. The summed E-state index contributed by atoms with van der Waals surface area (Å²) in [7, 11) is 0. The highest BCUT2D eigenvalue weighted by molar-refractivity contribution is 5.91. The molecule has 0 saturated carbocycles. The highest BCUT2D eigenvalue weighted by Gasteiger charge is 2.09. The average molecular weight is 301 g/mol. The number of hydrogen-bond donors (Lipinski definition) is 2. The fraction of sp³-hybridized carbons (Fsp3) is 0.0556. The lowest BCUT2D eigenvalue weighted by molar-refractivity contribution is 1.09. The zero-order valence-electron chi connectivity index (χ0n) is 12.4. The van der Waals surface area contributed by atoms with Gasteiger partial charge in [-0.25, -0.2) is 15.0 Å². The zero-order valence-corrected chi connectivity index (χ0v) is 12.4. The average Bonchev–Trinajstić information content (AvgIpc) is 3.05. The molecule has 0 unspecified atom stereocenters. The minimum Gasteiger partial charge on any atom is -0.366 e. The molecule has 3 aromatic heterocycles. The molecule has 0 amide bonds.